The van der Waals surface area contributed by atoms with Crippen LogP contribution in [0.1, 0.15) is 5.56 Å². The molecule has 2 rings (SSSR count). The molecule has 0 aliphatic carbocycles. The SMILES string of the molecule is CSOCc1ccccc1-n1ccnc1. The Morgan fingerprint density at radius 3 is 3.00 bits per heavy atom. The highest BCUT2D eigenvalue weighted by atomic mass is 32.2. The first-order valence-corrected chi connectivity index (χ1v) is 5.78. The van der Waals surface area contributed by atoms with Gasteiger partial charge in [0.15, 0.2) is 0 Å². The van der Waals surface area contributed by atoms with Crippen LogP contribution in [-0.2, 0) is 10.8 Å². The maximum atomic E-state index is 5.34. The van der Waals surface area contributed by atoms with E-state index in [-0.39, 0.29) is 0 Å². The molecular formula is C11H12N2OS. The Hall–Kier alpha value is -1.26. The van der Waals surface area contributed by atoms with Crippen molar-refractivity contribution in [2.45, 2.75) is 6.61 Å². The molecule has 0 bridgehead atoms. The van der Waals surface area contributed by atoms with Gasteiger partial charge in [-0.2, -0.15) is 0 Å². The number of benzene rings is 1. The van der Waals surface area contributed by atoms with E-state index in [2.05, 4.69) is 17.1 Å². The largest absolute Gasteiger partial charge is 0.311 e. The van der Waals surface area contributed by atoms with Crippen molar-refractivity contribution in [1.82, 2.24) is 9.55 Å². The normalized spacial score (nSPS) is 10.5. The summed E-state index contributed by atoms with van der Waals surface area (Å²) in [6, 6.07) is 8.14. The number of aromatic nitrogens is 2. The molecule has 0 saturated heterocycles. The van der Waals surface area contributed by atoms with Crippen molar-refractivity contribution in [3.8, 4) is 5.69 Å². The summed E-state index contributed by atoms with van der Waals surface area (Å²) in [5.74, 6) is 0. The number of rotatable bonds is 4. The van der Waals surface area contributed by atoms with Gasteiger partial charge in [-0.05, 0) is 18.1 Å². The van der Waals surface area contributed by atoms with Crippen LogP contribution in [0.25, 0.3) is 5.69 Å². The van der Waals surface area contributed by atoms with E-state index in [1.807, 2.05) is 29.2 Å². The Morgan fingerprint density at radius 1 is 1.40 bits per heavy atom. The lowest BCUT2D eigenvalue weighted by Gasteiger charge is -2.08. The monoisotopic (exact) mass is 220 g/mol. The smallest absolute Gasteiger partial charge is 0.0991 e. The molecule has 0 fully saturated rings. The molecule has 78 valence electrons. The third kappa shape index (κ3) is 2.40. The number of hydrogen-bond donors (Lipinski definition) is 0. The minimum absolute atomic E-state index is 0.607. The van der Waals surface area contributed by atoms with Crippen molar-refractivity contribution in [2.24, 2.45) is 0 Å². The first kappa shape index (κ1) is 10.3. The van der Waals surface area contributed by atoms with Crippen molar-refractivity contribution in [1.29, 1.82) is 0 Å². The molecule has 3 nitrogen and oxygen atoms in total. The van der Waals surface area contributed by atoms with E-state index in [1.165, 1.54) is 12.0 Å². The van der Waals surface area contributed by atoms with Crippen LogP contribution in [0.15, 0.2) is 43.0 Å². The Balaban J connectivity index is 2.30. The standard InChI is InChI=1S/C11H12N2OS/c1-15-14-8-10-4-2-3-5-11(10)13-7-6-12-9-13/h2-7,9H,8H2,1H3. The van der Waals surface area contributed by atoms with E-state index in [1.54, 1.807) is 12.5 Å². The predicted octanol–water partition coefficient (Wildman–Crippen LogP) is 2.67. The van der Waals surface area contributed by atoms with Crippen molar-refractivity contribution in [3.63, 3.8) is 0 Å². The van der Waals surface area contributed by atoms with E-state index in [9.17, 15) is 0 Å². The summed E-state index contributed by atoms with van der Waals surface area (Å²) in [5, 5.41) is 0. The van der Waals surface area contributed by atoms with E-state index >= 15 is 0 Å². The molecule has 0 atom stereocenters. The zero-order valence-electron chi connectivity index (χ0n) is 8.46. The second kappa shape index (κ2) is 5.00. The van der Waals surface area contributed by atoms with Gasteiger partial charge in [-0.3, -0.25) is 0 Å². The Bertz CT molecular complexity index is 414. The summed E-state index contributed by atoms with van der Waals surface area (Å²) in [7, 11) is 0. The van der Waals surface area contributed by atoms with Gasteiger partial charge in [-0.15, -0.1) is 0 Å². The van der Waals surface area contributed by atoms with Crippen molar-refractivity contribution >= 4 is 12.0 Å². The van der Waals surface area contributed by atoms with Crippen LogP contribution in [0.5, 0.6) is 0 Å². The molecule has 2 aromatic rings. The molecule has 4 heteroatoms. The summed E-state index contributed by atoms with van der Waals surface area (Å²) < 4.78 is 7.33. The second-order valence-electron chi connectivity index (χ2n) is 3.03. The van der Waals surface area contributed by atoms with Crippen LogP contribution in [-0.4, -0.2) is 15.8 Å². The van der Waals surface area contributed by atoms with Crippen molar-refractivity contribution in [2.75, 3.05) is 6.26 Å². The molecule has 0 N–H and O–H groups in total. The lowest BCUT2D eigenvalue weighted by molar-refractivity contribution is 0.365. The van der Waals surface area contributed by atoms with E-state index in [0.717, 1.165) is 11.3 Å². The van der Waals surface area contributed by atoms with Gasteiger partial charge in [0.2, 0.25) is 0 Å². The van der Waals surface area contributed by atoms with E-state index in [4.69, 9.17) is 4.18 Å². The molecule has 15 heavy (non-hydrogen) atoms. The Morgan fingerprint density at radius 2 is 2.27 bits per heavy atom. The topological polar surface area (TPSA) is 27.1 Å². The highest BCUT2D eigenvalue weighted by molar-refractivity contribution is 7.93. The van der Waals surface area contributed by atoms with E-state index < -0.39 is 0 Å². The number of para-hydroxylation sites is 1. The average Bonchev–Trinajstić information content (AvgIpc) is 2.80. The molecule has 1 heterocycles. The summed E-state index contributed by atoms with van der Waals surface area (Å²) in [6.07, 6.45) is 7.40. The van der Waals surface area contributed by atoms with Gasteiger partial charge in [0.05, 0.1) is 18.6 Å². The van der Waals surface area contributed by atoms with Crippen LogP contribution in [0, 0.1) is 0 Å². The summed E-state index contributed by atoms with van der Waals surface area (Å²) in [4.78, 5) is 4.04. The lowest BCUT2D eigenvalue weighted by Crippen LogP contribution is -1.97. The molecular weight excluding hydrogens is 208 g/mol. The summed E-state index contributed by atoms with van der Waals surface area (Å²) in [6.45, 7) is 0.607. The van der Waals surface area contributed by atoms with Gasteiger partial charge >= 0.3 is 0 Å². The maximum Gasteiger partial charge on any atom is 0.0991 e. The van der Waals surface area contributed by atoms with Gasteiger partial charge in [-0.25, -0.2) is 4.98 Å². The Labute approximate surface area is 93.3 Å². The van der Waals surface area contributed by atoms with Crippen LogP contribution in [0.4, 0.5) is 0 Å². The second-order valence-corrected chi connectivity index (χ2v) is 3.60. The molecule has 0 aliphatic heterocycles. The quantitative estimate of drug-likeness (QED) is 0.741. The van der Waals surface area contributed by atoms with Gasteiger partial charge in [0.25, 0.3) is 0 Å². The Kier molecular flexibility index (Phi) is 3.42. The van der Waals surface area contributed by atoms with Crippen LogP contribution in [0.2, 0.25) is 0 Å². The van der Waals surface area contributed by atoms with Gasteiger partial charge in [-0.1, -0.05) is 18.2 Å². The van der Waals surface area contributed by atoms with Gasteiger partial charge in [0, 0.05) is 24.2 Å². The highest BCUT2D eigenvalue weighted by Crippen LogP contribution is 2.16. The zero-order chi connectivity index (χ0) is 10.5. The molecule has 0 amide bonds. The number of nitrogens with zero attached hydrogens (tertiary/aromatic N) is 2. The number of imidazole rings is 1. The van der Waals surface area contributed by atoms with E-state index in [0.29, 0.717) is 6.61 Å². The summed E-state index contributed by atoms with van der Waals surface area (Å²) >= 11 is 1.38. The molecule has 1 aromatic carbocycles. The first-order valence-electron chi connectivity index (χ1n) is 4.63. The average molecular weight is 220 g/mol. The predicted molar refractivity (Wildman–Crippen MR) is 61.9 cm³/mol. The third-order valence-electron chi connectivity index (χ3n) is 2.11. The van der Waals surface area contributed by atoms with Crippen LogP contribution in [0.3, 0.4) is 0 Å². The molecule has 0 unspecified atom stereocenters. The van der Waals surface area contributed by atoms with Crippen LogP contribution < -0.4 is 0 Å². The van der Waals surface area contributed by atoms with Gasteiger partial charge in [0.1, 0.15) is 0 Å². The van der Waals surface area contributed by atoms with Crippen molar-refractivity contribution in [3.05, 3.63) is 48.5 Å². The van der Waals surface area contributed by atoms with Crippen molar-refractivity contribution < 1.29 is 4.18 Å². The van der Waals surface area contributed by atoms with Gasteiger partial charge < -0.3 is 8.75 Å². The third-order valence-corrected chi connectivity index (χ3v) is 2.46. The lowest BCUT2D eigenvalue weighted by atomic mass is 10.2. The summed E-state index contributed by atoms with van der Waals surface area (Å²) in [5.41, 5.74) is 2.27. The maximum absolute atomic E-state index is 5.34. The van der Waals surface area contributed by atoms with Crippen LogP contribution >= 0.6 is 12.0 Å². The fraction of sp³-hybridized carbons (Fsp3) is 0.182. The minimum atomic E-state index is 0.607. The fourth-order valence-electron chi connectivity index (χ4n) is 1.41. The number of hydrogen-bond acceptors (Lipinski definition) is 3. The molecule has 1 aromatic heterocycles. The molecule has 0 radical (unpaired) electrons. The minimum Gasteiger partial charge on any atom is -0.311 e. The molecule has 0 aliphatic rings. The highest BCUT2D eigenvalue weighted by Gasteiger charge is 2.02. The fourth-order valence-corrected chi connectivity index (χ4v) is 1.65. The molecule has 0 saturated carbocycles. The zero-order valence-corrected chi connectivity index (χ0v) is 9.28. The first-order chi connectivity index (χ1) is 7.42. The molecule has 0 spiro atoms.